The molecule has 1 aromatic rings. The van der Waals surface area contributed by atoms with Crippen LogP contribution in [0.3, 0.4) is 0 Å². The molecule has 0 amide bonds. The minimum Gasteiger partial charge on any atom is -0.508 e. The van der Waals surface area contributed by atoms with E-state index in [0.717, 1.165) is 12.3 Å². The summed E-state index contributed by atoms with van der Waals surface area (Å²) in [5.74, 6) is 1.15. The summed E-state index contributed by atoms with van der Waals surface area (Å²) in [5.41, 5.74) is 1.24. The number of aromatic hydroxyl groups is 1. The molecule has 0 aliphatic heterocycles. The first-order chi connectivity index (χ1) is 6.18. The van der Waals surface area contributed by atoms with Gasteiger partial charge >= 0.3 is 0 Å². The summed E-state index contributed by atoms with van der Waals surface area (Å²) in [7, 11) is 0. The molecule has 0 fully saturated rings. The molecule has 13 heavy (non-hydrogen) atoms. The summed E-state index contributed by atoms with van der Waals surface area (Å²) in [4.78, 5) is 0. The molecule has 0 bridgehead atoms. The Kier molecular flexibility index (Phi) is 3.81. The van der Waals surface area contributed by atoms with Crippen LogP contribution in [0.4, 0.5) is 0 Å². The van der Waals surface area contributed by atoms with Gasteiger partial charge < -0.3 is 5.11 Å². The van der Waals surface area contributed by atoms with E-state index >= 15 is 0 Å². The van der Waals surface area contributed by atoms with Crippen molar-refractivity contribution in [3.05, 3.63) is 29.8 Å². The topological polar surface area (TPSA) is 20.2 Å². The Labute approximate surface area is 80.4 Å². The summed E-state index contributed by atoms with van der Waals surface area (Å²) in [6.45, 7) is 4.48. The van der Waals surface area contributed by atoms with Gasteiger partial charge in [-0.25, -0.2) is 0 Å². The number of hydrogen-bond donors (Lipinski definition) is 1. The Hall–Kier alpha value is -0.980. The van der Waals surface area contributed by atoms with Crippen molar-refractivity contribution < 1.29 is 5.11 Å². The first-order valence-electron chi connectivity index (χ1n) is 4.96. The first kappa shape index (κ1) is 10.1. The van der Waals surface area contributed by atoms with Crippen molar-refractivity contribution in [1.29, 1.82) is 0 Å². The van der Waals surface area contributed by atoms with Gasteiger partial charge in [-0.05, 0) is 36.5 Å². The maximum atomic E-state index is 9.22. The van der Waals surface area contributed by atoms with E-state index in [0.29, 0.717) is 5.75 Å². The molecule has 1 aromatic carbocycles. The first-order valence-corrected chi connectivity index (χ1v) is 4.96. The molecule has 0 aliphatic carbocycles. The Morgan fingerprint density at radius 3 is 2.69 bits per heavy atom. The van der Waals surface area contributed by atoms with E-state index < -0.39 is 0 Å². The fourth-order valence-corrected chi connectivity index (χ4v) is 1.43. The quantitative estimate of drug-likeness (QED) is 0.749. The zero-order valence-corrected chi connectivity index (χ0v) is 8.46. The zero-order valence-electron chi connectivity index (χ0n) is 8.46. The molecule has 72 valence electrons. The van der Waals surface area contributed by atoms with Gasteiger partial charge in [0.15, 0.2) is 0 Å². The van der Waals surface area contributed by atoms with Crippen molar-refractivity contribution in [2.24, 2.45) is 5.92 Å². The lowest BCUT2D eigenvalue weighted by Crippen LogP contribution is -1.90. The standard InChI is InChI=1S/C12H18O/c1-10(2)5-3-6-11-7-4-8-12(13)9-11/h4,7-10,13H,3,5-6H2,1-2H3. The Morgan fingerprint density at radius 1 is 1.31 bits per heavy atom. The molecule has 0 aliphatic rings. The van der Waals surface area contributed by atoms with Crippen molar-refractivity contribution in [1.82, 2.24) is 0 Å². The highest BCUT2D eigenvalue weighted by Crippen LogP contribution is 2.14. The van der Waals surface area contributed by atoms with Crippen LogP contribution in [-0.4, -0.2) is 5.11 Å². The minimum atomic E-state index is 0.377. The van der Waals surface area contributed by atoms with Crippen LogP contribution in [0, 0.1) is 5.92 Å². The largest absolute Gasteiger partial charge is 0.508 e. The molecule has 0 saturated heterocycles. The van der Waals surface area contributed by atoms with Crippen molar-refractivity contribution in [3.8, 4) is 5.75 Å². The predicted octanol–water partition coefficient (Wildman–Crippen LogP) is 3.37. The molecule has 0 atom stereocenters. The van der Waals surface area contributed by atoms with Gasteiger partial charge in [0.25, 0.3) is 0 Å². The van der Waals surface area contributed by atoms with Crippen molar-refractivity contribution in [2.75, 3.05) is 0 Å². The summed E-state index contributed by atoms with van der Waals surface area (Å²) in [6.07, 6.45) is 3.54. The number of hydrogen-bond acceptors (Lipinski definition) is 1. The van der Waals surface area contributed by atoms with Crippen LogP contribution in [0.5, 0.6) is 5.75 Å². The molecular formula is C12H18O. The smallest absolute Gasteiger partial charge is 0.115 e. The summed E-state index contributed by atoms with van der Waals surface area (Å²) >= 11 is 0. The fourth-order valence-electron chi connectivity index (χ4n) is 1.43. The van der Waals surface area contributed by atoms with Crippen LogP contribution < -0.4 is 0 Å². The molecule has 0 heterocycles. The van der Waals surface area contributed by atoms with Crippen LogP contribution in [0.2, 0.25) is 0 Å². The third kappa shape index (κ3) is 3.97. The Balaban J connectivity index is 2.37. The van der Waals surface area contributed by atoms with Gasteiger partial charge in [0, 0.05) is 0 Å². The maximum absolute atomic E-state index is 9.22. The van der Waals surface area contributed by atoms with E-state index in [1.54, 1.807) is 6.07 Å². The van der Waals surface area contributed by atoms with E-state index in [4.69, 9.17) is 0 Å². The van der Waals surface area contributed by atoms with E-state index in [1.165, 1.54) is 18.4 Å². The van der Waals surface area contributed by atoms with Crippen LogP contribution in [-0.2, 0) is 6.42 Å². The Morgan fingerprint density at radius 2 is 2.08 bits per heavy atom. The van der Waals surface area contributed by atoms with Crippen molar-refractivity contribution in [2.45, 2.75) is 33.1 Å². The zero-order chi connectivity index (χ0) is 9.68. The van der Waals surface area contributed by atoms with Gasteiger partial charge in [-0.3, -0.25) is 0 Å². The normalized spacial score (nSPS) is 10.7. The van der Waals surface area contributed by atoms with Crippen molar-refractivity contribution >= 4 is 0 Å². The van der Waals surface area contributed by atoms with E-state index in [2.05, 4.69) is 19.9 Å². The highest BCUT2D eigenvalue weighted by molar-refractivity contribution is 5.27. The molecule has 0 radical (unpaired) electrons. The number of phenols is 1. The SMILES string of the molecule is CC(C)CCCc1cccc(O)c1. The molecule has 0 saturated carbocycles. The lowest BCUT2D eigenvalue weighted by atomic mass is 10.0. The van der Waals surface area contributed by atoms with E-state index in [-0.39, 0.29) is 0 Å². The van der Waals surface area contributed by atoms with Gasteiger partial charge in [-0.15, -0.1) is 0 Å². The average Bonchev–Trinajstić information content (AvgIpc) is 2.03. The maximum Gasteiger partial charge on any atom is 0.115 e. The molecule has 1 N–H and O–H groups in total. The molecule has 1 nitrogen and oxygen atoms in total. The second-order valence-electron chi connectivity index (χ2n) is 3.96. The van der Waals surface area contributed by atoms with Crippen LogP contribution in [0.25, 0.3) is 0 Å². The molecule has 1 heteroatoms. The number of rotatable bonds is 4. The highest BCUT2D eigenvalue weighted by Gasteiger charge is 1.97. The third-order valence-corrected chi connectivity index (χ3v) is 2.16. The number of phenolic OH excluding ortho intramolecular Hbond substituents is 1. The molecule has 1 rings (SSSR count). The monoisotopic (exact) mass is 178 g/mol. The van der Waals surface area contributed by atoms with Crippen LogP contribution in [0.1, 0.15) is 32.3 Å². The lowest BCUT2D eigenvalue weighted by molar-refractivity contribution is 0.474. The molecule has 0 aromatic heterocycles. The van der Waals surface area contributed by atoms with Gasteiger partial charge in [0.05, 0.1) is 0 Å². The van der Waals surface area contributed by atoms with Gasteiger partial charge in [-0.1, -0.05) is 32.4 Å². The number of aryl methyl sites for hydroxylation is 1. The van der Waals surface area contributed by atoms with Gasteiger partial charge in [0.1, 0.15) is 5.75 Å². The molecule has 0 spiro atoms. The van der Waals surface area contributed by atoms with E-state index in [1.807, 2.05) is 12.1 Å². The van der Waals surface area contributed by atoms with Crippen LogP contribution in [0.15, 0.2) is 24.3 Å². The average molecular weight is 178 g/mol. The predicted molar refractivity (Wildman–Crippen MR) is 55.9 cm³/mol. The third-order valence-electron chi connectivity index (χ3n) is 2.16. The summed E-state index contributed by atoms with van der Waals surface area (Å²) in [5, 5.41) is 9.22. The summed E-state index contributed by atoms with van der Waals surface area (Å²) < 4.78 is 0. The second kappa shape index (κ2) is 4.90. The Bertz CT molecular complexity index is 253. The lowest BCUT2D eigenvalue weighted by Gasteiger charge is -2.04. The molecular weight excluding hydrogens is 160 g/mol. The van der Waals surface area contributed by atoms with Crippen molar-refractivity contribution in [3.63, 3.8) is 0 Å². The van der Waals surface area contributed by atoms with E-state index in [9.17, 15) is 5.11 Å². The summed E-state index contributed by atoms with van der Waals surface area (Å²) in [6, 6.07) is 7.53. The van der Waals surface area contributed by atoms with Gasteiger partial charge in [-0.2, -0.15) is 0 Å². The fraction of sp³-hybridized carbons (Fsp3) is 0.500. The number of benzene rings is 1. The second-order valence-corrected chi connectivity index (χ2v) is 3.96. The minimum absolute atomic E-state index is 0.377. The van der Waals surface area contributed by atoms with Gasteiger partial charge in [0.2, 0.25) is 0 Å². The van der Waals surface area contributed by atoms with Crippen LogP contribution >= 0.6 is 0 Å². The molecule has 0 unspecified atom stereocenters. The highest BCUT2D eigenvalue weighted by atomic mass is 16.3.